The zero-order chi connectivity index (χ0) is 2.99. The van der Waals surface area contributed by atoms with Gasteiger partial charge in [-0.2, -0.15) is 11.8 Å². The Morgan fingerprint density at radius 2 is 2.25 bits per heavy atom. The highest BCUT2D eigenvalue weighted by molar-refractivity contribution is 8.07. The molecule has 1 unspecified atom stereocenters. The maximum atomic E-state index is 3.71. The molecule has 0 aromatic carbocycles. The van der Waals surface area contributed by atoms with E-state index in [0.717, 1.165) is 5.25 Å². The van der Waals surface area contributed by atoms with Crippen molar-refractivity contribution in [3.05, 3.63) is 6.92 Å². The van der Waals surface area contributed by atoms with Crippen molar-refractivity contribution in [2.45, 2.75) is 5.25 Å². The molecule has 0 amide bonds. The lowest BCUT2D eigenvalue weighted by Gasteiger charge is -1.50. The standard InChI is InChI=1S/C3H5S/c1-3-2-4-3/h3H,1-2H2. The molecule has 1 atom stereocenters. The quantitative estimate of drug-likeness (QED) is 0.384. The zero-order valence-corrected chi connectivity index (χ0v) is 3.22. The minimum absolute atomic E-state index is 0.750. The summed E-state index contributed by atoms with van der Waals surface area (Å²) in [7, 11) is 0. The summed E-state index contributed by atoms with van der Waals surface area (Å²) in [5.74, 6) is 1.29. The van der Waals surface area contributed by atoms with E-state index < -0.39 is 0 Å². The Labute approximate surface area is 30.6 Å². The molecule has 0 saturated carbocycles. The van der Waals surface area contributed by atoms with E-state index in [0.29, 0.717) is 0 Å². The average Bonchev–Trinajstić information content (AvgIpc) is 1.75. The van der Waals surface area contributed by atoms with Crippen molar-refractivity contribution < 1.29 is 0 Å². The van der Waals surface area contributed by atoms with Crippen LogP contribution in [0.25, 0.3) is 0 Å². The fraction of sp³-hybridized carbons (Fsp3) is 0.667. The predicted molar refractivity (Wildman–Crippen MR) is 21.6 cm³/mol. The monoisotopic (exact) mass is 73.0 g/mol. The lowest BCUT2D eigenvalue weighted by atomic mass is 10.6. The molecule has 1 heteroatoms. The maximum Gasteiger partial charge on any atom is 0.0139 e. The first-order valence-corrected chi connectivity index (χ1v) is 2.39. The van der Waals surface area contributed by atoms with Gasteiger partial charge in [0.05, 0.1) is 0 Å². The van der Waals surface area contributed by atoms with Crippen LogP contribution in [0.15, 0.2) is 0 Å². The van der Waals surface area contributed by atoms with Crippen molar-refractivity contribution in [3.63, 3.8) is 0 Å². The highest BCUT2D eigenvalue weighted by Gasteiger charge is 2.13. The van der Waals surface area contributed by atoms with Gasteiger partial charge in [0.1, 0.15) is 0 Å². The topological polar surface area (TPSA) is 0 Å². The first kappa shape index (κ1) is 2.58. The maximum absolute atomic E-state index is 3.71. The Kier molecular flexibility index (Phi) is 0.417. The van der Waals surface area contributed by atoms with Crippen molar-refractivity contribution >= 4 is 11.8 Å². The van der Waals surface area contributed by atoms with Crippen molar-refractivity contribution in [1.29, 1.82) is 0 Å². The molecule has 1 aliphatic rings. The SMILES string of the molecule is [CH2]C1CS1. The number of rotatable bonds is 0. The van der Waals surface area contributed by atoms with Gasteiger partial charge in [-0.25, -0.2) is 0 Å². The molecule has 0 aromatic heterocycles. The zero-order valence-electron chi connectivity index (χ0n) is 2.40. The molecule has 23 valence electrons. The molecular formula is C3H5S. The Morgan fingerprint density at radius 3 is 2.25 bits per heavy atom. The molecule has 1 fully saturated rings. The molecule has 0 N–H and O–H groups in total. The van der Waals surface area contributed by atoms with Gasteiger partial charge in [-0.05, 0) is 6.92 Å². The minimum Gasteiger partial charge on any atom is -0.157 e. The van der Waals surface area contributed by atoms with Gasteiger partial charge in [0, 0.05) is 11.0 Å². The van der Waals surface area contributed by atoms with Crippen LogP contribution < -0.4 is 0 Å². The second-order valence-electron chi connectivity index (χ2n) is 0.955. The number of thioether (sulfide) groups is 1. The van der Waals surface area contributed by atoms with E-state index in [4.69, 9.17) is 0 Å². The molecule has 1 heterocycles. The van der Waals surface area contributed by atoms with Crippen LogP contribution in [-0.2, 0) is 0 Å². The molecule has 0 nitrogen and oxygen atoms in total. The van der Waals surface area contributed by atoms with Gasteiger partial charge in [-0.15, -0.1) is 0 Å². The van der Waals surface area contributed by atoms with Gasteiger partial charge in [0.15, 0.2) is 0 Å². The Morgan fingerprint density at radius 1 is 2.00 bits per heavy atom. The van der Waals surface area contributed by atoms with Crippen molar-refractivity contribution in [1.82, 2.24) is 0 Å². The van der Waals surface area contributed by atoms with Crippen LogP contribution >= 0.6 is 11.8 Å². The summed E-state index contributed by atoms with van der Waals surface area (Å²) in [4.78, 5) is 0. The molecule has 0 aromatic rings. The second kappa shape index (κ2) is 0.646. The first-order valence-electron chi connectivity index (χ1n) is 1.34. The van der Waals surface area contributed by atoms with Crippen LogP contribution in [0.5, 0.6) is 0 Å². The van der Waals surface area contributed by atoms with Gasteiger partial charge >= 0.3 is 0 Å². The second-order valence-corrected chi connectivity index (χ2v) is 2.29. The lowest BCUT2D eigenvalue weighted by molar-refractivity contribution is 1.42. The van der Waals surface area contributed by atoms with E-state index >= 15 is 0 Å². The minimum atomic E-state index is 0.750. The van der Waals surface area contributed by atoms with E-state index in [1.807, 2.05) is 11.8 Å². The van der Waals surface area contributed by atoms with E-state index in [-0.39, 0.29) is 0 Å². The Balaban J connectivity index is 2.17. The molecule has 1 saturated heterocycles. The summed E-state index contributed by atoms with van der Waals surface area (Å²) in [6.45, 7) is 3.71. The van der Waals surface area contributed by atoms with Gasteiger partial charge in [0.25, 0.3) is 0 Å². The summed E-state index contributed by atoms with van der Waals surface area (Å²) in [5.41, 5.74) is 0. The molecule has 0 aliphatic carbocycles. The summed E-state index contributed by atoms with van der Waals surface area (Å²) in [6.07, 6.45) is 0. The first-order chi connectivity index (χ1) is 1.89. The molecule has 0 bridgehead atoms. The highest BCUT2D eigenvalue weighted by Crippen LogP contribution is 2.27. The molecule has 1 rings (SSSR count). The molecule has 1 radical (unpaired) electrons. The summed E-state index contributed by atoms with van der Waals surface area (Å²) >= 11 is 1.91. The van der Waals surface area contributed by atoms with Gasteiger partial charge in [-0.1, -0.05) is 0 Å². The van der Waals surface area contributed by atoms with Crippen LogP contribution in [0.1, 0.15) is 0 Å². The predicted octanol–water partition coefficient (Wildman–Crippen LogP) is 0.936. The number of hydrogen-bond acceptors (Lipinski definition) is 1. The van der Waals surface area contributed by atoms with Crippen molar-refractivity contribution in [2.75, 3.05) is 5.75 Å². The molecule has 0 spiro atoms. The van der Waals surface area contributed by atoms with Crippen LogP contribution in [0.2, 0.25) is 0 Å². The third kappa shape index (κ3) is 0.382. The van der Waals surface area contributed by atoms with Crippen LogP contribution in [-0.4, -0.2) is 11.0 Å². The summed E-state index contributed by atoms with van der Waals surface area (Å²) < 4.78 is 0. The highest BCUT2D eigenvalue weighted by atomic mass is 32.2. The van der Waals surface area contributed by atoms with Crippen LogP contribution in [0.4, 0.5) is 0 Å². The normalized spacial score (nSPS) is 39.8. The number of hydrogen-bond donors (Lipinski definition) is 0. The van der Waals surface area contributed by atoms with E-state index in [9.17, 15) is 0 Å². The van der Waals surface area contributed by atoms with Crippen molar-refractivity contribution in [3.8, 4) is 0 Å². The molecular weight excluding hydrogens is 68.1 g/mol. The molecule has 1 aliphatic heterocycles. The lowest BCUT2D eigenvalue weighted by Crippen LogP contribution is -1.58. The third-order valence-corrected chi connectivity index (χ3v) is 1.21. The van der Waals surface area contributed by atoms with Gasteiger partial charge in [0.2, 0.25) is 0 Å². The third-order valence-electron chi connectivity index (χ3n) is 0.402. The average molecular weight is 73.1 g/mol. The van der Waals surface area contributed by atoms with Gasteiger partial charge in [-0.3, -0.25) is 0 Å². The van der Waals surface area contributed by atoms with Crippen molar-refractivity contribution in [2.24, 2.45) is 0 Å². The molecule has 4 heavy (non-hydrogen) atoms. The van der Waals surface area contributed by atoms with Crippen LogP contribution in [0, 0.1) is 6.92 Å². The van der Waals surface area contributed by atoms with E-state index in [2.05, 4.69) is 6.92 Å². The smallest absolute Gasteiger partial charge is 0.0139 e. The fourth-order valence-corrected chi connectivity index (χ4v) is 0.204. The Hall–Kier alpha value is 0.350. The van der Waals surface area contributed by atoms with E-state index in [1.165, 1.54) is 5.75 Å². The summed E-state index contributed by atoms with van der Waals surface area (Å²) in [6, 6.07) is 0. The largest absolute Gasteiger partial charge is 0.157 e. The fourth-order valence-electron chi connectivity index (χ4n) is 0.0680. The Bertz CT molecular complexity index is 22.5. The van der Waals surface area contributed by atoms with E-state index in [1.54, 1.807) is 0 Å². The van der Waals surface area contributed by atoms with Gasteiger partial charge < -0.3 is 0 Å². The van der Waals surface area contributed by atoms with Crippen LogP contribution in [0.3, 0.4) is 0 Å². The summed E-state index contributed by atoms with van der Waals surface area (Å²) in [5, 5.41) is 0.750.